The predicted octanol–water partition coefficient (Wildman–Crippen LogP) is 5.49. The van der Waals surface area contributed by atoms with Crippen LogP contribution in [0.3, 0.4) is 0 Å². The summed E-state index contributed by atoms with van der Waals surface area (Å²) in [5.41, 5.74) is 4.13. The first-order valence-electron chi connectivity index (χ1n) is 11.0. The summed E-state index contributed by atoms with van der Waals surface area (Å²) >= 11 is 0. The Morgan fingerprint density at radius 3 is 2.44 bits per heavy atom. The molecule has 0 aliphatic rings. The van der Waals surface area contributed by atoms with E-state index in [0.29, 0.717) is 17.7 Å². The number of benzene rings is 3. The Hall–Kier alpha value is -4.00. The Morgan fingerprint density at radius 1 is 1.03 bits per heavy atom. The average Bonchev–Trinajstić information content (AvgIpc) is 2.83. The summed E-state index contributed by atoms with van der Waals surface area (Å²) < 4.78 is 20.4. The second-order valence-electron chi connectivity index (χ2n) is 7.80. The first-order chi connectivity index (χ1) is 16.4. The fourth-order valence-corrected chi connectivity index (χ4v) is 3.70. The highest BCUT2D eigenvalue weighted by atomic mass is 19.1. The fraction of sp³-hybridized carbons (Fsp3) is 0.222. The van der Waals surface area contributed by atoms with Crippen molar-refractivity contribution in [3.05, 3.63) is 72.0 Å². The van der Waals surface area contributed by atoms with Crippen LogP contribution in [-0.4, -0.2) is 29.9 Å². The first kappa shape index (κ1) is 24.6. The maximum absolute atomic E-state index is 14.7. The number of carbonyl (C=O) groups is 3. The summed E-state index contributed by atoms with van der Waals surface area (Å²) in [6.45, 7) is 2.10. The van der Waals surface area contributed by atoms with Crippen molar-refractivity contribution in [3.8, 4) is 28.0 Å². The van der Waals surface area contributed by atoms with Gasteiger partial charge in [-0.3, -0.25) is 14.4 Å². The normalized spacial score (nSPS) is 10.5. The number of carboxylic acid groups (broad SMARTS) is 1. The van der Waals surface area contributed by atoms with Crippen LogP contribution in [0.2, 0.25) is 0 Å². The molecule has 0 aliphatic heterocycles. The van der Waals surface area contributed by atoms with E-state index in [-0.39, 0.29) is 37.3 Å². The van der Waals surface area contributed by atoms with Gasteiger partial charge in [0.2, 0.25) is 6.29 Å². The van der Waals surface area contributed by atoms with Gasteiger partial charge >= 0.3 is 5.97 Å². The molecule has 0 saturated carbocycles. The number of ether oxygens (including phenoxy) is 1. The molecule has 0 bridgehead atoms. The minimum atomic E-state index is -0.940. The Labute approximate surface area is 197 Å². The molecule has 176 valence electrons. The molecule has 0 fully saturated rings. The van der Waals surface area contributed by atoms with E-state index in [0.717, 1.165) is 28.7 Å². The lowest BCUT2D eigenvalue weighted by atomic mass is 9.93. The maximum atomic E-state index is 14.7. The number of aryl methyl sites for hydroxylation is 1. The largest absolute Gasteiger partial charge is 0.491 e. The molecule has 6 nitrogen and oxygen atoms in total. The zero-order valence-electron chi connectivity index (χ0n) is 18.8. The number of carbonyl (C=O) groups excluding carboxylic acids is 2. The summed E-state index contributed by atoms with van der Waals surface area (Å²) in [5, 5.41) is 11.4. The molecular weight excluding hydrogens is 437 g/mol. The molecule has 2 N–H and O–H groups in total. The first-order valence-corrected chi connectivity index (χ1v) is 11.0. The number of amides is 1. The van der Waals surface area contributed by atoms with Crippen LogP contribution in [0.4, 0.5) is 10.1 Å². The van der Waals surface area contributed by atoms with Crippen LogP contribution in [0.25, 0.3) is 22.3 Å². The van der Waals surface area contributed by atoms with Crippen molar-refractivity contribution in [2.75, 3.05) is 11.9 Å². The monoisotopic (exact) mass is 463 g/mol. The highest BCUT2D eigenvalue weighted by Crippen LogP contribution is 2.37. The summed E-state index contributed by atoms with van der Waals surface area (Å²) in [6, 6.07) is 17.7. The highest BCUT2D eigenvalue weighted by Gasteiger charge is 2.16. The van der Waals surface area contributed by atoms with Gasteiger partial charge in [0.15, 0.2) is 0 Å². The minimum Gasteiger partial charge on any atom is -0.491 e. The van der Waals surface area contributed by atoms with Crippen molar-refractivity contribution in [3.63, 3.8) is 0 Å². The van der Waals surface area contributed by atoms with Crippen LogP contribution >= 0.6 is 0 Å². The second kappa shape index (κ2) is 11.7. The Kier molecular flexibility index (Phi) is 8.51. The molecule has 0 spiro atoms. The molecule has 3 aromatic carbocycles. The van der Waals surface area contributed by atoms with E-state index in [1.165, 1.54) is 12.1 Å². The van der Waals surface area contributed by atoms with Crippen LogP contribution in [0, 0.1) is 5.82 Å². The molecular formula is C27H26FNO5. The summed E-state index contributed by atoms with van der Waals surface area (Å²) in [7, 11) is 0. The smallest absolute Gasteiger partial charge is 0.303 e. The SMILES string of the molecule is CCCc1cc(NC(=O)C=O)c(OCCCC(=O)O)cc1-c1cc(F)cc(-c2ccccc2)c1. The third-order valence-electron chi connectivity index (χ3n) is 5.20. The second-order valence-corrected chi connectivity index (χ2v) is 7.80. The van der Waals surface area contributed by atoms with Gasteiger partial charge < -0.3 is 15.2 Å². The fourth-order valence-electron chi connectivity index (χ4n) is 3.70. The van der Waals surface area contributed by atoms with Gasteiger partial charge in [0.25, 0.3) is 5.91 Å². The van der Waals surface area contributed by atoms with Crippen LogP contribution in [0.5, 0.6) is 5.75 Å². The van der Waals surface area contributed by atoms with Crippen molar-refractivity contribution in [2.24, 2.45) is 0 Å². The number of rotatable bonds is 11. The van der Waals surface area contributed by atoms with E-state index in [4.69, 9.17) is 9.84 Å². The Balaban J connectivity index is 2.08. The zero-order valence-corrected chi connectivity index (χ0v) is 18.8. The number of halogens is 1. The lowest BCUT2D eigenvalue weighted by molar-refractivity contribution is -0.137. The van der Waals surface area contributed by atoms with Crippen molar-refractivity contribution < 1.29 is 28.6 Å². The van der Waals surface area contributed by atoms with E-state index in [9.17, 15) is 18.8 Å². The highest BCUT2D eigenvalue weighted by molar-refractivity contribution is 6.29. The van der Waals surface area contributed by atoms with Crippen LogP contribution in [0.15, 0.2) is 60.7 Å². The molecule has 0 atom stereocenters. The van der Waals surface area contributed by atoms with Gasteiger partial charge in [0, 0.05) is 6.42 Å². The third-order valence-corrected chi connectivity index (χ3v) is 5.20. The third kappa shape index (κ3) is 6.51. The van der Waals surface area contributed by atoms with E-state index in [2.05, 4.69) is 5.32 Å². The molecule has 0 aromatic heterocycles. The summed E-state index contributed by atoms with van der Waals surface area (Å²) in [6.07, 6.45) is 1.81. The topological polar surface area (TPSA) is 92.7 Å². The Bertz CT molecular complexity index is 1180. The molecule has 3 rings (SSSR count). The average molecular weight is 464 g/mol. The van der Waals surface area contributed by atoms with Crippen molar-refractivity contribution in [2.45, 2.75) is 32.6 Å². The molecule has 0 aliphatic carbocycles. The van der Waals surface area contributed by atoms with Crippen LogP contribution < -0.4 is 10.1 Å². The number of hydrogen-bond donors (Lipinski definition) is 2. The van der Waals surface area contributed by atoms with Crippen molar-refractivity contribution >= 4 is 23.9 Å². The number of aliphatic carboxylic acids is 1. The number of anilines is 1. The van der Waals surface area contributed by atoms with Gasteiger partial charge in [-0.1, -0.05) is 43.7 Å². The van der Waals surface area contributed by atoms with Gasteiger partial charge in [-0.2, -0.15) is 0 Å². The van der Waals surface area contributed by atoms with Gasteiger partial charge in [-0.05, 0) is 71.0 Å². The molecule has 0 saturated heterocycles. The Morgan fingerprint density at radius 2 is 1.76 bits per heavy atom. The quantitative estimate of drug-likeness (QED) is 0.223. The molecule has 0 radical (unpaired) electrons. The summed E-state index contributed by atoms with van der Waals surface area (Å²) in [5.74, 6) is -1.88. The maximum Gasteiger partial charge on any atom is 0.303 e. The van der Waals surface area contributed by atoms with Gasteiger partial charge in [-0.25, -0.2) is 4.39 Å². The van der Waals surface area contributed by atoms with E-state index in [1.807, 2.05) is 43.3 Å². The van der Waals surface area contributed by atoms with Crippen LogP contribution in [0.1, 0.15) is 31.7 Å². The number of nitrogens with one attached hydrogen (secondary N) is 1. The molecule has 34 heavy (non-hydrogen) atoms. The lowest BCUT2D eigenvalue weighted by Gasteiger charge is -2.18. The van der Waals surface area contributed by atoms with Crippen molar-refractivity contribution in [1.29, 1.82) is 0 Å². The van der Waals surface area contributed by atoms with Gasteiger partial charge in [-0.15, -0.1) is 0 Å². The molecule has 3 aromatic rings. The van der Waals surface area contributed by atoms with Gasteiger partial charge in [0.1, 0.15) is 11.6 Å². The summed E-state index contributed by atoms with van der Waals surface area (Å²) in [4.78, 5) is 33.5. The van der Waals surface area contributed by atoms with Gasteiger partial charge in [0.05, 0.1) is 12.3 Å². The zero-order chi connectivity index (χ0) is 24.5. The van der Waals surface area contributed by atoms with E-state index >= 15 is 0 Å². The molecule has 1 amide bonds. The van der Waals surface area contributed by atoms with E-state index in [1.54, 1.807) is 12.1 Å². The standard InChI is InChI=1S/C27H26FNO5/c1-2-7-19-15-24(29-26(31)17-30)25(34-11-6-10-27(32)33)16-23(19)21-12-20(13-22(28)14-21)18-8-4-3-5-9-18/h3-5,8-9,12-17H,2,6-7,10-11H2,1H3,(H,29,31)(H,32,33). The number of hydrogen-bond acceptors (Lipinski definition) is 4. The number of carboxylic acids is 1. The van der Waals surface area contributed by atoms with Crippen molar-refractivity contribution in [1.82, 2.24) is 0 Å². The van der Waals surface area contributed by atoms with Crippen LogP contribution in [-0.2, 0) is 20.8 Å². The molecule has 0 heterocycles. The molecule has 7 heteroatoms. The van der Waals surface area contributed by atoms with E-state index < -0.39 is 11.9 Å². The predicted molar refractivity (Wildman–Crippen MR) is 128 cm³/mol. The lowest BCUT2D eigenvalue weighted by Crippen LogP contribution is -2.14. The molecule has 0 unspecified atom stereocenters. The minimum absolute atomic E-state index is 0.0683. The number of aldehydes is 1.